The molecule has 0 heterocycles. The van der Waals surface area contributed by atoms with E-state index in [1.807, 2.05) is 18.0 Å². The normalized spacial score (nSPS) is 18.6. The maximum Gasteiger partial charge on any atom is 0.252 e. The molecule has 1 aliphatic rings. The lowest BCUT2D eigenvalue weighted by atomic mass is 9.85. The lowest BCUT2D eigenvalue weighted by molar-refractivity contribution is -0.125. The van der Waals surface area contributed by atoms with E-state index in [-0.39, 0.29) is 5.91 Å². The molecule has 25 heavy (non-hydrogen) atoms. The number of allylic oxidation sites excluding steroid dienone is 3. The van der Waals surface area contributed by atoms with Gasteiger partial charge >= 0.3 is 0 Å². The van der Waals surface area contributed by atoms with Gasteiger partial charge in [-0.1, -0.05) is 71.1 Å². The van der Waals surface area contributed by atoms with Crippen LogP contribution in [0.5, 0.6) is 0 Å². The molecule has 0 aromatic carbocycles. The van der Waals surface area contributed by atoms with Crippen molar-refractivity contribution >= 4 is 5.91 Å². The maximum absolute atomic E-state index is 12.5. The van der Waals surface area contributed by atoms with Crippen molar-refractivity contribution in [1.82, 2.24) is 4.90 Å². The first-order valence-electron chi connectivity index (χ1n) is 10.3. The van der Waals surface area contributed by atoms with E-state index in [0.717, 1.165) is 19.4 Å². The quantitative estimate of drug-likeness (QED) is 0.373. The molecule has 0 radical (unpaired) electrons. The molecule has 1 rings (SSSR count). The standard InChI is InChI=1S/C23H39NO/c1-6-19(3)17-18-24(5)23(25)20(4)15-16-21(7-2)22-13-11-9-8-10-12-14-22/h7,15-16,19,22H,4,6,8-14,17-18H2,1-3,5H3/b16-15-,21-7+. The van der Waals surface area contributed by atoms with Gasteiger partial charge in [-0.05, 0) is 49.7 Å². The predicted molar refractivity (Wildman–Crippen MR) is 110 cm³/mol. The number of carbonyl (C=O) groups excluding carboxylic acids is 1. The van der Waals surface area contributed by atoms with Crippen LogP contribution >= 0.6 is 0 Å². The molecule has 1 atom stereocenters. The van der Waals surface area contributed by atoms with E-state index in [0.29, 0.717) is 17.4 Å². The van der Waals surface area contributed by atoms with Gasteiger partial charge in [-0.3, -0.25) is 4.79 Å². The summed E-state index contributed by atoms with van der Waals surface area (Å²) in [4.78, 5) is 14.3. The summed E-state index contributed by atoms with van der Waals surface area (Å²) in [7, 11) is 1.88. The van der Waals surface area contributed by atoms with Gasteiger partial charge in [-0.2, -0.15) is 0 Å². The van der Waals surface area contributed by atoms with Crippen molar-refractivity contribution in [2.45, 2.75) is 78.6 Å². The van der Waals surface area contributed by atoms with Gasteiger partial charge in [0.05, 0.1) is 0 Å². The summed E-state index contributed by atoms with van der Waals surface area (Å²) in [6.45, 7) is 11.4. The first-order valence-corrected chi connectivity index (χ1v) is 10.3. The summed E-state index contributed by atoms with van der Waals surface area (Å²) in [5.74, 6) is 1.35. The molecule has 142 valence electrons. The lowest BCUT2D eigenvalue weighted by Crippen LogP contribution is -2.29. The van der Waals surface area contributed by atoms with Gasteiger partial charge in [-0.15, -0.1) is 0 Å². The number of hydrogen-bond acceptors (Lipinski definition) is 1. The highest BCUT2D eigenvalue weighted by Crippen LogP contribution is 2.29. The zero-order valence-electron chi connectivity index (χ0n) is 17.0. The SMILES string of the molecule is C=C(/C=C\C(=C/C)C1CCCCCCC1)C(=O)N(C)CCC(C)CC. The fourth-order valence-electron chi connectivity index (χ4n) is 3.49. The summed E-state index contributed by atoms with van der Waals surface area (Å²) < 4.78 is 0. The second-order valence-electron chi connectivity index (χ2n) is 7.72. The Morgan fingerprint density at radius 2 is 1.76 bits per heavy atom. The Morgan fingerprint density at radius 3 is 2.32 bits per heavy atom. The highest BCUT2D eigenvalue weighted by molar-refractivity contribution is 5.95. The molecule has 1 saturated carbocycles. The van der Waals surface area contributed by atoms with Crippen molar-refractivity contribution in [2.24, 2.45) is 11.8 Å². The minimum atomic E-state index is 0.0488. The van der Waals surface area contributed by atoms with Crippen molar-refractivity contribution in [3.05, 3.63) is 36.0 Å². The van der Waals surface area contributed by atoms with Gasteiger partial charge in [0.1, 0.15) is 0 Å². The molecular formula is C23H39NO. The van der Waals surface area contributed by atoms with E-state index in [1.165, 1.54) is 50.5 Å². The molecule has 1 fully saturated rings. The average molecular weight is 346 g/mol. The minimum Gasteiger partial charge on any atom is -0.342 e. The summed E-state index contributed by atoms with van der Waals surface area (Å²) in [6, 6.07) is 0. The fourth-order valence-corrected chi connectivity index (χ4v) is 3.49. The molecule has 2 nitrogen and oxygen atoms in total. The number of likely N-dealkylation sites (N-methyl/N-ethyl adjacent to an activating group) is 1. The predicted octanol–water partition coefficient (Wildman–Crippen LogP) is 6.30. The molecule has 0 aliphatic heterocycles. The van der Waals surface area contributed by atoms with Crippen molar-refractivity contribution in [2.75, 3.05) is 13.6 Å². The highest BCUT2D eigenvalue weighted by atomic mass is 16.2. The van der Waals surface area contributed by atoms with Crippen LogP contribution in [0, 0.1) is 11.8 Å². The summed E-state index contributed by atoms with van der Waals surface area (Å²) in [6.07, 6.45) is 17.8. The lowest BCUT2D eigenvalue weighted by Gasteiger charge is -2.21. The summed E-state index contributed by atoms with van der Waals surface area (Å²) in [5, 5.41) is 0. The van der Waals surface area contributed by atoms with E-state index in [1.54, 1.807) is 0 Å². The Balaban J connectivity index is 2.58. The molecule has 0 N–H and O–H groups in total. The van der Waals surface area contributed by atoms with E-state index in [9.17, 15) is 4.79 Å². The van der Waals surface area contributed by atoms with Crippen molar-refractivity contribution in [3.63, 3.8) is 0 Å². The Bertz CT molecular complexity index is 466. The molecule has 1 amide bonds. The third-order valence-corrected chi connectivity index (χ3v) is 5.66. The van der Waals surface area contributed by atoms with E-state index in [4.69, 9.17) is 0 Å². The fraction of sp³-hybridized carbons (Fsp3) is 0.696. The average Bonchev–Trinajstić information content (AvgIpc) is 2.59. The second kappa shape index (κ2) is 12.1. The van der Waals surface area contributed by atoms with Crippen LogP contribution in [0.25, 0.3) is 0 Å². The zero-order valence-corrected chi connectivity index (χ0v) is 17.0. The summed E-state index contributed by atoms with van der Waals surface area (Å²) in [5.41, 5.74) is 1.97. The molecular weight excluding hydrogens is 306 g/mol. The molecule has 2 heteroatoms. The number of carbonyl (C=O) groups is 1. The van der Waals surface area contributed by atoms with Crippen molar-refractivity contribution < 1.29 is 4.79 Å². The number of rotatable bonds is 8. The molecule has 1 aliphatic carbocycles. The van der Waals surface area contributed by atoms with Gasteiger partial charge in [0.15, 0.2) is 0 Å². The van der Waals surface area contributed by atoms with Crippen LogP contribution in [0.15, 0.2) is 36.0 Å². The Kier molecular flexibility index (Phi) is 10.5. The van der Waals surface area contributed by atoms with Crippen LogP contribution in [-0.2, 0) is 4.79 Å². The van der Waals surface area contributed by atoms with E-state index >= 15 is 0 Å². The molecule has 0 aromatic heterocycles. The highest BCUT2D eigenvalue weighted by Gasteiger charge is 2.15. The number of hydrogen-bond donors (Lipinski definition) is 0. The second-order valence-corrected chi connectivity index (χ2v) is 7.72. The molecule has 0 bridgehead atoms. The van der Waals surface area contributed by atoms with Crippen LogP contribution in [-0.4, -0.2) is 24.4 Å². The topological polar surface area (TPSA) is 20.3 Å². The molecule has 0 spiro atoms. The van der Waals surface area contributed by atoms with Crippen molar-refractivity contribution in [1.29, 1.82) is 0 Å². The van der Waals surface area contributed by atoms with E-state index in [2.05, 4.69) is 39.5 Å². The van der Waals surface area contributed by atoms with Crippen LogP contribution in [0.4, 0.5) is 0 Å². The maximum atomic E-state index is 12.5. The minimum absolute atomic E-state index is 0.0488. The van der Waals surface area contributed by atoms with Gasteiger partial charge in [0.2, 0.25) is 0 Å². The molecule has 1 unspecified atom stereocenters. The van der Waals surface area contributed by atoms with Gasteiger partial charge in [-0.25, -0.2) is 0 Å². The number of nitrogens with zero attached hydrogens (tertiary/aromatic N) is 1. The van der Waals surface area contributed by atoms with Crippen LogP contribution in [0.1, 0.15) is 78.6 Å². The monoisotopic (exact) mass is 345 g/mol. The van der Waals surface area contributed by atoms with Crippen LogP contribution in [0.3, 0.4) is 0 Å². The third kappa shape index (κ3) is 8.07. The smallest absolute Gasteiger partial charge is 0.252 e. The Hall–Kier alpha value is -1.31. The van der Waals surface area contributed by atoms with Crippen molar-refractivity contribution in [3.8, 4) is 0 Å². The van der Waals surface area contributed by atoms with Gasteiger partial charge in [0, 0.05) is 19.2 Å². The zero-order chi connectivity index (χ0) is 18.7. The van der Waals surface area contributed by atoms with E-state index < -0.39 is 0 Å². The van der Waals surface area contributed by atoms with Gasteiger partial charge < -0.3 is 4.90 Å². The largest absolute Gasteiger partial charge is 0.342 e. The Morgan fingerprint density at radius 1 is 1.16 bits per heavy atom. The number of amides is 1. The summed E-state index contributed by atoms with van der Waals surface area (Å²) >= 11 is 0. The first kappa shape index (κ1) is 21.7. The molecule has 0 saturated heterocycles. The molecule has 0 aromatic rings. The third-order valence-electron chi connectivity index (χ3n) is 5.66. The first-order chi connectivity index (χ1) is 12.0. The Labute approximate surface area is 156 Å². The van der Waals surface area contributed by atoms with Gasteiger partial charge in [0.25, 0.3) is 5.91 Å². The van der Waals surface area contributed by atoms with Crippen LogP contribution in [0.2, 0.25) is 0 Å². The van der Waals surface area contributed by atoms with Crippen LogP contribution < -0.4 is 0 Å².